The molecule has 0 aliphatic carbocycles. The summed E-state index contributed by atoms with van der Waals surface area (Å²) in [6.45, 7) is 0. The van der Waals surface area contributed by atoms with Crippen molar-refractivity contribution in [2.75, 3.05) is 24.3 Å². The number of benzene rings is 2. The molecule has 0 radical (unpaired) electrons. The molecule has 0 atom stereocenters. The number of aromatic nitrogens is 2. The zero-order chi connectivity index (χ0) is 20.7. The van der Waals surface area contributed by atoms with Crippen LogP contribution in [0.25, 0.3) is 21.8 Å². The molecular weight excluding hydrogens is 372 g/mol. The van der Waals surface area contributed by atoms with Crippen LogP contribution in [0.5, 0.6) is 0 Å². The fourth-order valence-corrected chi connectivity index (χ4v) is 3.21. The zero-order valence-corrected chi connectivity index (χ0v) is 15.7. The maximum absolute atomic E-state index is 11.5. The molecule has 0 saturated carbocycles. The quantitative estimate of drug-likeness (QED) is 0.408. The van der Waals surface area contributed by atoms with Crippen molar-refractivity contribution in [2.45, 2.75) is 0 Å². The largest absolute Gasteiger partial charge is 0.478 e. The molecule has 2 aromatic heterocycles. The minimum absolute atomic E-state index is 0.0294. The second-order valence-corrected chi connectivity index (χ2v) is 6.84. The molecular formula is C21H18N4O4. The van der Waals surface area contributed by atoms with Gasteiger partial charge in [-0.05, 0) is 42.5 Å². The topological polar surface area (TPSA) is 119 Å². The number of hydrogen-bond donors (Lipinski definition) is 4. The molecule has 0 aliphatic heterocycles. The SMILES string of the molecule is CN(C)c1cccc(Nc2nc3cc(C(=O)O)ccc3c3[nH]c(C(=O)O)cc23)c1. The molecule has 2 aromatic carbocycles. The van der Waals surface area contributed by atoms with Crippen LogP contribution >= 0.6 is 0 Å². The Balaban J connectivity index is 1.93. The van der Waals surface area contributed by atoms with Crippen molar-refractivity contribution in [3.63, 3.8) is 0 Å². The summed E-state index contributed by atoms with van der Waals surface area (Å²) < 4.78 is 0. The average molecular weight is 390 g/mol. The van der Waals surface area contributed by atoms with E-state index in [0.29, 0.717) is 27.6 Å². The molecule has 146 valence electrons. The summed E-state index contributed by atoms with van der Waals surface area (Å²) in [6, 6.07) is 13.8. The summed E-state index contributed by atoms with van der Waals surface area (Å²) in [7, 11) is 3.87. The van der Waals surface area contributed by atoms with Crippen molar-refractivity contribution in [1.82, 2.24) is 9.97 Å². The van der Waals surface area contributed by atoms with Gasteiger partial charge in [-0.25, -0.2) is 14.6 Å². The normalized spacial score (nSPS) is 11.0. The molecule has 0 aliphatic rings. The Morgan fingerprint density at radius 3 is 2.48 bits per heavy atom. The van der Waals surface area contributed by atoms with Gasteiger partial charge in [-0.15, -0.1) is 0 Å². The number of nitrogens with zero attached hydrogens (tertiary/aromatic N) is 2. The summed E-state index contributed by atoms with van der Waals surface area (Å²) in [5.41, 5.74) is 2.92. The Morgan fingerprint density at radius 1 is 1.00 bits per heavy atom. The van der Waals surface area contributed by atoms with Crippen LogP contribution in [0.3, 0.4) is 0 Å². The maximum atomic E-state index is 11.5. The minimum Gasteiger partial charge on any atom is -0.478 e. The lowest BCUT2D eigenvalue weighted by molar-refractivity contribution is 0.0683. The number of pyridine rings is 1. The highest BCUT2D eigenvalue weighted by atomic mass is 16.4. The summed E-state index contributed by atoms with van der Waals surface area (Å²) in [5, 5.41) is 23.2. The van der Waals surface area contributed by atoms with Gasteiger partial charge in [0.15, 0.2) is 0 Å². The van der Waals surface area contributed by atoms with Gasteiger partial charge < -0.3 is 25.4 Å². The molecule has 4 N–H and O–H groups in total. The van der Waals surface area contributed by atoms with Gasteiger partial charge in [0.1, 0.15) is 11.5 Å². The summed E-state index contributed by atoms with van der Waals surface area (Å²) in [5.74, 6) is -1.70. The number of nitrogens with one attached hydrogen (secondary N) is 2. The molecule has 8 heteroatoms. The molecule has 2 heterocycles. The van der Waals surface area contributed by atoms with E-state index in [9.17, 15) is 19.8 Å². The Labute approximate surface area is 165 Å². The van der Waals surface area contributed by atoms with E-state index >= 15 is 0 Å². The fraction of sp³-hybridized carbons (Fsp3) is 0.0952. The molecule has 0 bridgehead atoms. The Morgan fingerprint density at radius 2 is 1.79 bits per heavy atom. The van der Waals surface area contributed by atoms with Crippen molar-refractivity contribution in [3.05, 3.63) is 59.8 Å². The molecule has 0 saturated heterocycles. The van der Waals surface area contributed by atoms with E-state index in [-0.39, 0.29) is 11.3 Å². The monoisotopic (exact) mass is 390 g/mol. The van der Waals surface area contributed by atoms with E-state index in [1.165, 1.54) is 18.2 Å². The highest BCUT2D eigenvalue weighted by molar-refractivity contribution is 6.12. The van der Waals surface area contributed by atoms with Crippen LogP contribution in [0, 0.1) is 0 Å². The first-order valence-corrected chi connectivity index (χ1v) is 8.81. The van der Waals surface area contributed by atoms with Crippen LogP contribution in [0.1, 0.15) is 20.8 Å². The van der Waals surface area contributed by atoms with Crippen molar-refractivity contribution in [2.24, 2.45) is 0 Å². The lowest BCUT2D eigenvalue weighted by Gasteiger charge is -2.15. The van der Waals surface area contributed by atoms with E-state index in [4.69, 9.17) is 0 Å². The van der Waals surface area contributed by atoms with Crippen molar-refractivity contribution >= 4 is 50.9 Å². The van der Waals surface area contributed by atoms with Gasteiger partial charge in [0.25, 0.3) is 0 Å². The van der Waals surface area contributed by atoms with Crippen LogP contribution in [0.2, 0.25) is 0 Å². The second-order valence-electron chi connectivity index (χ2n) is 6.84. The van der Waals surface area contributed by atoms with E-state index < -0.39 is 11.9 Å². The van der Waals surface area contributed by atoms with Gasteiger partial charge >= 0.3 is 11.9 Å². The van der Waals surface area contributed by atoms with E-state index in [0.717, 1.165) is 11.4 Å². The van der Waals surface area contributed by atoms with E-state index in [2.05, 4.69) is 15.3 Å². The first-order valence-electron chi connectivity index (χ1n) is 8.81. The van der Waals surface area contributed by atoms with Crippen molar-refractivity contribution < 1.29 is 19.8 Å². The predicted octanol–water partition coefficient (Wildman–Crippen LogP) is 3.92. The third kappa shape index (κ3) is 3.31. The number of carboxylic acids is 2. The van der Waals surface area contributed by atoms with E-state index in [1.54, 1.807) is 6.07 Å². The second kappa shape index (κ2) is 6.83. The Kier molecular flexibility index (Phi) is 4.31. The number of carboxylic acid groups (broad SMARTS) is 2. The molecule has 0 fully saturated rings. The lowest BCUT2D eigenvalue weighted by atomic mass is 10.1. The molecule has 0 amide bonds. The number of aromatic carboxylic acids is 2. The number of fused-ring (bicyclic) bond motifs is 3. The number of rotatable bonds is 5. The molecule has 4 rings (SSSR count). The molecule has 0 spiro atoms. The molecule has 8 nitrogen and oxygen atoms in total. The smallest absolute Gasteiger partial charge is 0.352 e. The van der Waals surface area contributed by atoms with Crippen LogP contribution in [-0.4, -0.2) is 46.2 Å². The number of carbonyl (C=O) groups is 2. The Bertz CT molecular complexity index is 1280. The summed E-state index contributed by atoms with van der Waals surface area (Å²) >= 11 is 0. The van der Waals surface area contributed by atoms with Gasteiger partial charge in [-0.1, -0.05) is 6.07 Å². The number of hydrogen-bond acceptors (Lipinski definition) is 5. The third-order valence-corrected chi connectivity index (χ3v) is 4.67. The van der Waals surface area contributed by atoms with Gasteiger partial charge in [0, 0.05) is 36.2 Å². The van der Waals surface area contributed by atoms with Crippen molar-refractivity contribution in [1.29, 1.82) is 0 Å². The third-order valence-electron chi connectivity index (χ3n) is 4.67. The highest BCUT2D eigenvalue weighted by Gasteiger charge is 2.16. The van der Waals surface area contributed by atoms with Crippen LogP contribution in [0.4, 0.5) is 17.2 Å². The summed E-state index contributed by atoms with van der Waals surface area (Å²) in [6.07, 6.45) is 0. The van der Waals surface area contributed by atoms with Gasteiger partial charge in [0.05, 0.1) is 16.6 Å². The van der Waals surface area contributed by atoms with Gasteiger partial charge in [-0.2, -0.15) is 0 Å². The fourth-order valence-electron chi connectivity index (χ4n) is 3.21. The van der Waals surface area contributed by atoms with Crippen LogP contribution in [0.15, 0.2) is 48.5 Å². The molecule has 29 heavy (non-hydrogen) atoms. The number of anilines is 3. The van der Waals surface area contributed by atoms with Gasteiger partial charge in [-0.3, -0.25) is 0 Å². The minimum atomic E-state index is -1.09. The van der Waals surface area contributed by atoms with E-state index in [1.807, 2.05) is 43.3 Å². The predicted molar refractivity (Wildman–Crippen MR) is 112 cm³/mol. The summed E-state index contributed by atoms with van der Waals surface area (Å²) in [4.78, 5) is 32.3. The highest BCUT2D eigenvalue weighted by Crippen LogP contribution is 2.32. The Hall–Kier alpha value is -4.07. The first kappa shape index (κ1) is 18.3. The maximum Gasteiger partial charge on any atom is 0.352 e. The first-order chi connectivity index (χ1) is 13.8. The average Bonchev–Trinajstić information content (AvgIpc) is 3.14. The lowest BCUT2D eigenvalue weighted by Crippen LogP contribution is -2.08. The number of aromatic amines is 1. The van der Waals surface area contributed by atoms with Crippen LogP contribution < -0.4 is 10.2 Å². The zero-order valence-electron chi connectivity index (χ0n) is 15.7. The molecule has 4 aromatic rings. The van der Waals surface area contributed by atoms with Gasteiger partial charge in [0.2, 0.25) is 0 Å². The molecule has 0 unspecified atom stereocenters. The van der Waals surface area contributed by atoms with Crippen LogP contribution in [-0.2, 0) is 0 Å². The van der Waals surface area contributed by atoms with Crippen molar-refractivity contribution in [3.8, 4) is 0 Å². The number of H-pyrrole nitrogens is 1. The standard InChI is InChI=1S/C21H18N4O4/c1-25(2)13-5-3-4-12(9-13)22-19-15-10-17(21(28)29)23-18(15)14-7-6-11(20(26)27)8-16(14)24-19/h3-10,23H,1-2H3,(H,22,24)(H,26,27)(H,28,29).